The van der Waals surface area contributed by atoms with Crippen molar-refractivity contribution in [2.75, 3.05) is 10.6 Å². The topological polar surface area (TPSA) is 78.4 Å². The SMILES string of the molecule is CC(=O)Nc1ccc(C)cc1NC(=O)C[C@@H](O)c1ccc(Cl)cc1. The smallest absolute Gasteiger partial charge is 0.227 e. The molecule has 0 aromatic heterocycles. The second-order valence-corrected chi connectivity index (χ2v) is 5.99. The molecule has 5 nitrogen and oxygen atoms in total. The van der Waals surface area contributed by atoms with Crippen molar-refractivity contribution in [3.63, 3.8) is 0 Å². The molecule has 0 fully saturated rings. The average Bonchev–Trinajstić information content (AvgIpc) is 2.50. The molecule has 2 aromatic rings. The molecule has 0 aliphatic carbocycles. The summed E-state index contributed by atoms with van der Waals surface area (Å²) in [5.41, 5.74) is 2.57. The van der Waals surface area contributed by atoms with Crippen LogP contribution in [0.15, 0.2) is 42.5 Å². The zero-order valence-corrected chi connectivity index (χ0v) is 14.2. The van der Waals surface area contributed by atoms with E-state index in [9.17, 15) is 14.7 Å². The first-order valence-corrected chi connectivity index (χ1v) is 7.84. The fraction of sp³-hybridized carbons (Fsp3) is 0.222. The second kappa shape index (κ2) is 7.95. The summed E-state index contributed by atoms with van der Waals surface area (Å²) in [4.78, 5) is 23.5. The first-order valence-electron chi connectivity index (χ1n) is 7.47. The van der Waals surface area contributed by atoms with Crippen molar-refractivity contribution in [2.24, 2.45) is 0 Å². The number of nitrogens with one attached hydrogen (secondary N) is 2. The number of hydrogen-bond acceptors (Lipinski definition) is 3. The van der Waals surface area contributed by atoms with Crippen LogP contribution in [-0.4, -0.2) is 16.9 Å². The molecule has 126 valence electrons. The Kier molecular flexibility index (Phi) is 5.95. The maximum absolute atomic E-state index is 12.2. The van der Waals surface area contributed by atoms with E-state index in [1.54, 1.807) is 36.4 Å². The lowest BCUT2D eigenvalue weighted by atomic mass is 10.1. The van der Waals surface area contributed by atoms with E-state index in [1.807, 2.05) is 13.0 Å². The molecule has 2 aromatic carbocycles. The van der Waals surface area contributed by atoms with Crippen LogP contribution >= 0.6 is 11.6 Å². The molecule has 0 aliphatic rings. The Hall–Kier alpha value is -2.37. The number of aliphatic hydroxyl groups is 1. The van der Waals surface area contributed by atoms with Crippen LogP contribution in [0.1, 0.15) is 30.6 Å². The van der Waals surface area contributed by atoms with Gasteiger partial charge in [-0.1, -0.05) is 29.8 Å². The summed E-state index contributed by atoms with van der Waals surface area (Å²) in [6.07, 6.45) is -1.04. The van der Waals surface area contributed by atoms with Gasteiger partial charge in [0.05, 0.1) is 23.9 Å². The Morgan fingerprint density at radius 2 is 1.75 bits per heavy atom. The predicted octanol–water partition coefficient (Wildman–Crippen LogP) is 3.67. The van der Waals surface area contributed by atoms with Gasteiger partial charge in [-0.3, -0.25) is 9.59 Å². The molecule has 0 aliphatic heterocycles. The highest BCUT2D eigenvalue weighted by atomic mass is 35.5. The molecule has 0 unspecified atom stereocenters. The quantitative estimate of drug-likeness (QED) is 0.773. The van der Waals surface area contributed by atoms with E-state index in [-0.39, 0.29) is 18.2 Å². The van der Waals surface area contributed by atoms with Crippen LogP contribution in [-0.2, 0) is 9.59 Å². The molecule has 0 bridgehead atoms. The van der Waals surface area contributed by atoms with E-state index in [4.69, 9.17) is 11.6 Å². The van der Waals surface area contributed by atoms with Crippen molar-refractivity contribution in [3.05, 3.63) is 58.6 Å². The minimum atomic E-state index is -0.934. The number of halogens is 1. The number of aryl methyl sites for hydroxylation is 1. The van der Waals surface area contributed by atoms with Crippen LogP contribution in [0.3, 0.4) is 0 Å². The van der Waals surface area contributed by atoms with E-state index in [0.29, 0.717) is 22.0 Å². The first kappa shape index (κ1) is 18.0. The fourth-order valence-electron chi connectivity index (χ4n) is 2.24. The highest BCUT2D eigenvalue weighted by Crippen LogP contribution is 2.25. The van der Waals surface area contributed by atoms with Gasteiger partial charge in [0.1, 0.15) is 0 Å². The molecule has 0 spiro atoms. The number of rotatable bonds is 5. The third-order valence-electron chi connectivity index (χ3n) is 3.39. The molecule has 0 radical (unpaired) electrons. The summed E-state index contributed by atoms with van der Waals surface area (Å²) in [5.74, 6) is -0.579. The minimum Gasteiger partial charge on any atom is -0.388 e. The highest BCUT2D eigenvalue weighted by molar-refractivity contribution is 6.30. The molecule has 0 heterocycles. The van der Waals surface area contributed by atoms with E-state index in [1.165, 1.54) is 6.92 Å². The van der Waals surface area contributed by atoms with Crippen LogP contribution in [0.25, 0.3) is 0 Å². The molecular formula is C18H19ClN2O3. The normalized spacial score (nSPS) is 11.7. The number of amides is 2. The maximum atomic E-state index is 12.2. The Morgan fingerprint density at radius 1 is 1.08 bits per heavy atom. The molecule has 6 heteroatoms. The number of carbonyl (C=O) groups is 2. The summed E-state index contributed by atoms with van der Waals surface area (Å²) in [6, 6.07) is 12.0. The summed E-state index contributed by atoms with van der Waals surface area (Å²) in [6.45, 7) is 3.28. The van der Waals surface area contributed by atoms with Crippen molar-refractivity contribution in [2.45, 2.75) is 26.4 Å². The second-order valence-electron chi connectivity index (χ2n) is 5.55. The fourth-order valence-corrected chi connectivity index (χ4v) is 2.37. The molecular weight excluding hydrogens is 328 g/mol. The van der Waals surface area contributed by atoms with Crippen LogP contribution in [0, 0.1) is 6.92 Å². The standard InChI is InChI=1S/C18H19ClN2O3/c1-11-3-8-15(20-12(2)22)16(9-11)21-18(24)10-17(23)13-4-6-14(19)7-5-13/h3-9,17,23H,10H2,1-2H3,(H,20,22)(H,21,24)/t17-/m1/s1. The molecule has 0 saturated heterocycles. The van der Waals surface area contributed by atoms with Gasteiger partial charge in [0, 0.05) is 11.9 Å². The lowest BCUT2D eigenvalue weighted by molar-refractivity contribution is -0.118. The van der Waals surface area contributed by atoms with E-state index < -0.39 is 6.10 Å². The van der Waals surface area contributed by atoms with Gasteiger partial charge in [-0.15, -0.1) is 0 Å². The monoisotopic (exact) mass is 346 g/mol. The van der Waals surface area contributed by atoms with Gasteiger partial charge in [-0.05, 0) is 42.3 Å². The third-order valence-corrected chi connectivity index (χ3v) is 3.65. The molecule has 24 heavy (non-hydrogen) atoms. The van der Waals surface area contributed by atoms with Gasteiger partial charge in [-0.25, -0.2) is 0 Å². The molecule has 1 atom stereocenters. The number of aliphatic hydroxyl groups excluding tert-OH is 1. The van der Waals surface area contributed by atoms with Crippen LogP contribution < -0.4 is 10.6 Å². The van der Waals surface area contributed by atoms with E-state index in [2.05, 4.69) is 10.6 Å². The Balaban J connectivity index is 2.07. The number of anilines is 2. The van der Waals surface area contributed by atoms with Gasteiger partial charge >= 0.3 is 0 Å². The van der Waals surface area contributed by atoms with Crippen molar-refractivity contribution < 1.29 is 14.7 Å². The van der Waals surface area contributed by atoms with Gasteiger partial charge in [0.15, 0.2) is 0 Å². The lowest BCUT2D eigenvalue weighted by Crippen LogP contribution is -2.17. The molecule has 0 saturated carbocycles. The molecule has 2 rings (SSSR count). The van der Waals surface area contributed by atoms with E-state index in [0.717, 1.165) is 5.56 Å². The maximum Gasteiger partial charge on any atom is 0.227 e. The summed E-state index contributed by atoms with van der Waals surface area (Å²) < 4.78 is 0. The third kappa shape index (κ3) is 5.08. The van der Waals surface area contributed by atoms with Crippen LogP contribution in [0.5, 0.6) is 0 Å². The highest BCUT2D eigenvalue weighted by Gasteiger charge is 2.15. The van der Waals surface area contributed by atoms with Gasteiger partial charge in [-0.2, -0.15) is 0 Å². The summed E-state index contributed by atoms with van der Waals surface area (Å²) in [5, 5.41) is 16.1. The summed E-state index contributed by atoms with van der Waals surface area (Å²) in [7, 11) is 0. The zero-order chi connectivity index (χ0) is 17.7. The van der Waals surface area contributed by atoms with Crippen LogP contribution in [0.4, 0.5) is 11.4 Å². The predicted molar refractivity (Wildman–Crippen MR) is 95.1 cm³/mol. The van der Waals surface area contributed by atoms with Gasteiger partial charge in [0.25, 0.3) is 0 Å². The largest absolute Gasteiger partial charge is 0.388 e. The van der Waals surface area contributed by atoms with E-state index >= 15 is 0 Å². The van der Waals surface area contributed by atoms with Crippen LogP contribution in [0.2, 0.25) is 5.02 Å². The summed E-state index contributed by atoms with van der Waals surface area (Å²) >= 11 is 5.81. The number of carbonyl (C=O) groups excluding carboxylic acids is 2. The molecule has 2 amide bonds. The number of benzene rings is 2. The first-order chi connectivity index (χ1) is 11.3. The van der Waals surface area contributed by atoms with Crippen molar-refractivity contribution in [3.8, 4) is 0 Å². The Labute approximate surface area is 145 Å². The minimum absolute atomic E-state index is 0.102. The van der Waals surface area contributed by atoms with Gasteiger partial charge in [0.2, 0.25) is 11.8 Å². The van der Waals surface area contributed by atoms with Crippen molar-refractivity contribution >= 4 is 34.8 Å². The molecule has 3 N–H and O–H groups in total. The van der Waals surface area contributed by atoms with Gasteiger partial charge < -0.3 is 15.7 Å². The number of hydrogen-bond donors (Lipinski definition) is 3. The van der Waals surface area contributed by atoms with Crippen molar-refractivity contribution in [1.82, 2.24) is 0 Å². The lowest BCUT2D eigenvalue weighted by Gasteiger charge is -2.14. The zero-order valence-electron chi connectivity index (χ0n) is 13.5. The van der Waals surface area contributed by atoms with Crippen molar-refractivity contribution in [1.29, 1.82) is 0 Å². The average molecular weight is 347 g/mol. The Morgan fingerprint density at radius 3 is 2.38 bits per heavy atom. The Bertz CT molecular complexity index is 744.